The van der Waals surface area contributed by atoms with E-state index in [0.717, 1.165) is 39.6 Å². The number of hydrogen-bond acceptors (Lipinski definition) is 4. The zero-order valence-corrected chi connectivity index (χ0v) is 18.1. The van der Waals surface area contributed by atoms with Crippen LogP contribution in [0.15, 0.2) is 88.8 Å². The van der Waals surface area contributed by atoms with E-state index in [9.17, 15) is 4.79 Å². The highest BCUT2D eigenvalue weighted by atomic mass is 16.2. The summed E-state index contributed by atoms with van der Waals surface area (Å²) in [5.74, 6) is 0.760. The van der Waals surface area contributed by atoms with E-state index in [1.807, 2.05) is 73.7 Å². The number of fused-ring (bicyclic) bond motifs is 3. The van der Waals surface area contributed by atoms with Gasteiger partial charge in [0.25, 0.3) is 0 Å². The van der Waals surface area contributed by atoms with Crippen LogP contribution in [0.3, 0.4) is 0 Å². The zero-order valence-electron chi connectivity index (χ0n) is 18.1. The molecule has 0 spiro atoms. The quantitative estimate of drug-likeness (QED) is 0.646. The third-order valence-corrected chi connectivity index (χ3v) is 5.72. The van der Waals surface area contributed by atoms with Crippen molar-refractivity contribution in [2.45, 2.75) is 26.1 Å². The predicted molar refractivity (Wildman–Crippen MR) is 130 cm³/mol. The monoisotopic (exact) mass is 423 g/mol. The first-order valence-corrected chi connectivity index (χ1v) is 10.8. The largest absolute Gasteiger partial charge is 0.321 e. The van der Waals surface area contributed by atoms with Gasteiger partial charge in [0.05, 0.1) is 24.0 Å². The molecular weight excluding hydrogens is 398 g/mol. The van der Waals surface area contributed by atoms with E-state index in [1.165, 1.54) is 0 Å². The maximum atomic E-state index is 12.9. The molecule has 3 aromatic carbocycles. The highest BCUT2D eigenvalue weighted by Crippen LogP contribution is 2.32. The van der Waals surface area contributed by atoms with E-state index in [0.29, 0.717) is 6.54 Å². The van der Waals surface area contributed by atoms with E-state index in [2.05, 4.69) is 34.6 Å². The van der Waals surface area contributed by atoms with Crippen LogP contribution >= 0.6 is 0 Å². The van der Waals surface area contributed by atoms with Crippen molar-refractivity contribution in [2.24, 2.45) is 9.98 Å². The van der Waals surface area contributed by atoms with Crippen molar-refractivity contribution in [2.75, 3.05) is 16.8 Å². The van der Waals surface area contributed by atoms with Gasteiger partial charge in [-0.25, -0.2) is 4.79 Å². The molecule has 6 heteroatoms. The van der Waals surface area contributed by atoms with Gasteiger partial charge in [-0.1, -0.05) is 60.7 Å². The van der Waals surface area contributed by atoms with E-state index in [-0.39, 0.29) is 12.1 Å². The molecule has 32 heavy (non-hydrogen) atoms. The molecule has 0 radical (unpaired) electrons. The van der Waals surface area contributed by atoms with Crippen LogP contribution in [-0.4, -0.2) is 36.3 Å². The van der Waals surface area contributed by atoms with Gasteiger partial charge in [0.2, 0.25) is 0 Å². The van der Waals surface area contributed by atoms with Gasteiger partial charge < -0.3 is 15.5 Å². The third kappa shape index (κ3) is 3.75. The molecule has 2 N–H and O–H groups in total. The molecule has 2 aliphatic heterocycles. The Hall–Kier alpha value is -3.93. The van der Waals surface area contributed by atoms with Crippen LogP contribution in [0, 0.1) is 6.92 Å². The number of anilines is 2. The lowest BCUT2D eigenvalue weighted by Crippen LogP contribution is -2.48. The van der Waals surface area contributed by atoms with Crippen LogP contribution in [0.2, 0.25) is 0 Å². The maximum Gasteiger partial charge on any atom is 0.321 e. The molecule has 5 rings (SSSR count). The second-order valence-electron chi connectivity index (χ2n) is 8.15. The number of carbonyl (C=O) groups is 1. The summed E-state index contributed by atoms with van der Waals surface area (Å²) in [6, 6.07) is 25.9. The number of nitrogens with zero attached hydrogens (tertiary/aromatic N) is 3. The number of para-hydroxylation sites is 1. The number of benzene rings is 3. The summed E-state index contributed by atoms with van der Waals surface area (Å²) in [4.78, 5) is 24.9. The number of amides is 2. The minimum atomic E-state index is -0.604. The molecular formula is C26H25N5O. The second kappa shape index (κ2) is 8.30. The highest BCUT2D eigenvalue weighted by Gasteiger charge is 2.36. The van der Waals surface area contributed by atoms with Crippen LogP contribution in [0.1, 0.15) is 23.6 Å². The Bertz CT molecular complexity index is 1220. The molecule has 0 bridgehead atoms. The normalized spacial score (nSPS) is 19.2. The summed E-state index contributed by atoms with van der Waals surface area (Å²) in [5.41, 5.74) is 5.75. The van der Waals surface area contributed by atoms with Crippen LogP contribution < -0.4 is 15.5 Å². The molecule has 0 unspecified atom stereocenters. The van der Waals surface area contributed by atoms with Gasteiger partial charge in [-0.2, -0.15) is 0 Å². The molecule has 3 aromatic rings. The summed E-state index contributed by atoms with van der Waals surface area (Å²) in [6.45, 7) is 4.80. The summed E-state index contributed by atoms with van der Waals surface area (Å²) in [7, 11) is 0. The van der Waals surface area contributed by atoms with E-state index >= 15 is 0 Å². The minimum absolute atomic E-state index is 0.181. The minimum Gasteiger partial charge on any atom is -0.321 e. The molecule has 0 aromatic heterocycles. The van der Waals surface area contributed by atoms with Crippen molar-refractivity contribution in [3.05, 3.63) is 95.6 Å². The van der Waals surface area contributed by atoms with Gasteiger partial charge in [0.15, 0.2) is 6.17 Å². The Kier molecular flexibility index (Phi) is 5.19. The van der Waals surface area contributed by atoms with Crippen molar-refractivity contribution in [3.63, 3.8) is 0 Å². The summed E-state index contributed by atoms with van der Waals surface area (Å²) < 4.78 is 0. The summed E-state index contributed by atoms with van der Waals surface area (Å²) in [5, 5.41) is 5.97. The lowest BCUT2D eigenvalue weighted by molar-refractivity contribution is 0.251. The highest BCUT2D eigenvalue weighted by molar-refractivity contribution is 6.21. The number of hydrogen-bond donors (Lipinski definition) is 2. The van der Waals surface area contributed by atoms with Crippen molar-refractivity contribution in [3.8, 4) is 0 Å². The Balaban J connectivity index is 1.55. The number of nitrogens with one attached hydrogen (secondary N) is 2. The van der Waals surface area contributed by atoms with Crippen molar-refractivity contribution >= 4 is 29.0 Å². The van der Waals surface area contributed by atoms with Gasteiger partial charge >= 0.3 is 6.03 Å². The fourth-order valence-electron chi connectivity index (χ4n) is 4.27. The molecule has 2 amide bonds. The number of aryl methyl sites for hydroxylation is 1. The van der Waals surface area contributed by atoms with E-state index in [1.54, 1.807) is 0 Å². The maximum absolute atomic E-state index is 12.9. The standard InChI is InChI=1S/C26H25N5O/c1-17-9-8-12-20(15-17)28-26(32)30-24-25-27-16-18(2)31(25)22-14-7-6-13-21(22)23(29-24)19-10-4-3-5-11-19/h3-15,18,24H,16H2,1-2H3,(H2,28,30,32)/t18-,24-/m1/s1. The number of urea groups is 1. The lowest BCUT2D eigenvalue weighted by atomic mass is 10.00. The fraction of sp³-hybridized carbons (Fsp3) is 0.192. The van der Waals surface area contributed by atoms with Crippen molar-refractivity contribution < 1.29 is 4.79 Å². The van der Waals surface area contributed by atoms with Gasteiger partial charge in [-0.05, 0) is 37.6 Å². The average molecular weight is 424 g/mol. The Labute approximate surface area is 187 Å². The summed E-state index contributed by atoms with van der Waals surface area (Å²) >= 11 is 0. The Morgan fingerprint density at radius 2 is 1.78 bits per heavy atom. The summed E-state index contributed by atoms with van der Waals surface area (Å²) in [6.07, 6.45) is -0.604. The molecule has 6 nitrogen and oxygen atoms in total. The Morgan fingerprint density at radius 3 is 2.59 bits per heavy atom. The number of amidine groups is 1. The number of rotatable bonds is 3. The topological polar surface area (TPSA) is 69.1 Å². The first-order valence-electron chi connectivity index (χ1n) is 10.8. The van der Waals surface area contributed by atoms with Crippen LogP contribution in [-0.2, 0) is 0 Å². The Morgan fingerprint density at radius 1 is 1.00 bits per heavy atom. The second-order valence-corrected chi connectivity index (χ2v) is 8.15. The number of aliphatic imine (C=N–C) groups is 2. The average Bonchev–Trinajstić information content (AvgIpc) is 3.12. The van der Waals surface area contributed by atoms with Gasteiger partial charge in [-0.15, -0.1) is 0 Å². The van der Waals surface area contributed by atoms with Crippen molar-refractivity contribution in [1.82, 2.24) is 5.32 Å². The molecule has 0 saturated heterocycles. The molecule has 160 valence electrons. The lowest BCUT2D eigenvalue weighted by Gasteiger charge is -2.28. The molecule has 0 fully saturated rings. The van der Waals surface area contributed by atoms with Crippen LogP contribution in [0.5, 0.6) is 0 Å². The smallest absolute Gasteiger partial charge is 0.321 e. The SMILES string of the molecule is Cc1cccc(NC(=O)N[C@H]2N=C(c3ccccc3)c3ccccc3N3C2=NC[C@H]3C)c1. The van der Waals surface area contributed by atoms with E-state index < -0.39 is 6.17 Å². The number of carbonyl (C=O) groups excluding carboxylic acids is 1. The van der Waals surface area contributed by atoms with Gasteiger partial charge in [-0.3, -0.25) is 9.98 Å². The third-order valence-electron chi connectivity index (χ3n) is 5.72. The molecule has 0 saturated carbocycles. The molecule has 2 heterocycles. The van der Waals surface area contributed by atoms with Crippen LogP contribution in [0.4, 0.5) is 16.2 Å². The van der Waals surface area contributed by atoms with Gasteiger partial charge in [0, 0.05) is 16.8 Å². The molecule has 2 atom stereocenters. The van der Waals surface area contributed by atoms with Crippen molar-refractivity contribution in [1.29, 1.82) is 0 Å². The molecule has 0 aliphatic carbocycles. The predicted octanol–water partition coefficient (Wildman–Crippen LogP) is 4.60. The first kappa shape index (κ1) is 20.0. The van der Waals surface area contributed by atoms with Gasteiger partial charge in [0.1, 0.15) is 5.84 Å². The van der Waals surface area contributed by atoms with E-state index in [4.69, 9.17) is 9.98 Å². The molecule has 2 aliphatic rings. The van der Waals surface area contributed by atoms with Crippen LogP contribution in [0.25, 0.3) is 0 Å². The zero-order chi connectivity index (χ0) is 22.1. The first-order chi connectivity index (χ1) is 15.6. The fourth-order valence-corrected chi connectivity index (χ4v) is 4.27.